The summed E-state index contributed by atoms with van der Waals surface area (Å²) in [6, 6.07) is 7.29. The molecule has 2 amide bonds. The SMILES string of the molecule is CCCNC(=O)CSc1nnc2n(CCC(=O)N[C@H](C)CC)c(=O)c3ccccc3n12. The number of aromatic nitrogens is 4. The number of carbonyl (C=O) groups is 2. The van der Waals surface area contributed by atoms with E-state index < -0.39 is 0 Å². The van der Waals surface area contributed by atoms with Crippen molar-refractivity contribution in [1.29, 1.82) is 0 Å². The lowest BCUT2D eigenvalue weighted by molar-refractivity contribution is -0.122. The molecule has 0 fully saturated rings. The van der Waals surface area contributed by atoms with Crippen LogP contribution in [0.4, 0.5) is 0 Å². The Kier molecular flexibility index (Phi) is 7.67. The van der Waals surface area contributed by atoms with Crippen molar-refractivity contribution in [2.45, 2.75) is 57.8 Å². The zero-order valence-corrected chi connectivity index (χ0v) is 18.9. The lowest BCUT2D eigenvalue weighted by Gasteiger charge is -2.13. The van der Waals surface area contributed by atoms with Gasteiger partial charge in [-0.15, -0.1) is 10.2 Å². The average molecular weight is 445 g/mol. The molecule has 1 aromatic carbocycles. The van der Waals surface area contributed by atoms with E-state index in [2.05, 4.69) is 20.8 Å². The monoisotopic (exact) mass is 444 g/mol. The van der Waals surface area contributed by atoms with Crippen LogP contribution < -0.4 is 16.2 Å². The number of benzene rings is 1. The lowest BCUT2D eigenvalue weighted by atomic mass is 10.2. The molecule has 3 aromatic rings. The van der Waals surface area contributed by atoms with E-state index in [1.165, 1.54) is 16.3 Å². The van der Waals surface area contributed by atoms with Crippen LogP contribution in [0.2, 0.25) is 0 Å². The zero-order chi connectivity index (χ0) is 22.4. The highest BCUT2D eigenvalue weighted by Crippen LogP contribution is 2.21. The fourth-order valence-corrected chi connectivity index (χ4v) is 3.91. The summed E-state index contributed by atoms with van der Waals surface area (Å²) in [5.41, 5.74) is 0.452. The summed E-state index contributed by atoms with van der Waals surface area (Å²) in [6.07, 6.45) is 1.86. The Bertz CT molecular complexity index is 1140. The van der Waals surface area contributed by atoms with Crippen LogP contribution in [0.5, 0.6) is 0 Å². The number of carbonyl (C=O) groups excluding carboxylic acids is 2. The minimum atomic E-state index is -0.218. The molecule has 0 spiro atoms. The maximum absolute atomic E-state index is 13.1. The molecule has 0 saturated heterocycles. The minimum absolute atomic E-state index is 0.0794. The summed E-state index contributed by atoms with van der Waals surface area (Å²) in [4.78, 5) is 37.4. The first-order valence-electron chi connectivity index (χ1n) is 10.5. The van der Waals surface area contributed by atoms with E-state index in [-0.39, 0.29) is 42.1 Å². The third-order valence-corrected chi connectivity index (χ3v) is 5.89. The van der Waals surface area contributed by atoms with Crippen LogP contribution in [0.3, 0.4) is 0 Å². The van der Waals surface area contributed by atoms with Crippen LogP contribution in [-0.2, 0) is 16.1 Å². The number of hydrogen-bond donors (Lipinski definition) is 2. The molecule has 166 valence electrons. The molecule has 2 aromatic heterocycles. The first kappa shape index (κ1) is 22.8. The van der Waals surface area contributed by atoms with Crippen LogP contribution >= 0.6 is 11.8 Å². The van der Waals surface area contributed by atoms with E-state index in [4.69, 9.17) is 0 Å². The van der Waals surface area contributed by atoms with E-state index in [1.807, 2.05) is 32.9 Å². The molecule has 0 unspecified atom stereocenters. The number of aryl methyl sites for hydroxylation is 1. The van der Waals surface area contributed by atoms with Crippen molar-refractivity contribution in [3.8, 4) is 0 Å². The van der Waals surface area contributed by atoms with Crippen molar-refractivity contribution in [3.05, 3.63) is 34.6 Å². The molecule has 2 N–H and O–H groups in total. The Hall–Kier alpha value is -2.88. The molecule has 1 atom stereocenters. The van der Waals surface area contributed by atoms with Gasteiger partial charge in [-0.3, -0.25) is 23.4 Å². The molecular weight excluding hydrogens is 416 g/mol. The van der Waals surface area contributed by atoms with E-state index in [1.54, 1.807) is 16.5 Å². The summed E-state index contributed by atoms with van der Waals surface area (Å²) in [6.45, 7) is 6.75. The zero-order valence-electron chi connectivity index (χ0n) is 18.1. The van der Waals surface area contributed by atoms with Gasteiger partial charge in [-0.2, -0.15) is 0 Å². The Morgan fingerprint density at radius 1 is 1.16 bits per heavy atom. The number of rotatable bonds is 10. The van der Waals surface area contributed by atoms with E-state index in [9.17, 15) is 14.4 Å². The Balaban J connectivity index is 1.94. The molecule has 0 bridgehead atoms. The molecule has 2 heterocycles. The Labute approximate surface area is 184 Å². The molecular formula is C21H28N6O3S. The standard InChI is InChI=1S/C21H28N6O3S/c1-4-11-22-18(29)13-31-21-25-24-20-26(12-10-17(28)23-14(3)5-2)19(30)15-8-6-7-9-16(15)27(20)21/h6-9,14H,4-5,10-13H2,1-3H3,(H,22,29)(H,23,28)/t14-/m1/s1. The summed E-state index contributed by atoms with van der Waals surface area (Å²) in [7, 11) is 0. The summed E-state index contributed by atoms with van der Waals surface area (Å²) in [5.74, 6) is 0.361. The second-order valence-electron chi connectivity index (χ2n) is 7.36. The lowest BCUT2D eigenvalue weighted by Crippen LogP contribution is -2.33. The summed E-state index contributed by atoms with van der Waals surface area (Å²) >= 11 is 1.26. The molecule has 10 heteroatoms. The fraction of sp³-hybridized carbons (Fsp3) is 0.476. The van der Waals surface area contributed by atoms with Crippen molar-refractivity contribution >= 4 is 40.3 Å². The predicted octanol–water partition coefficient (Wildman–Crippen LogP) is 1.97. The number of para-hydroxylation sites is 1. The smallest absolute Gasteiger partial charge is 0.262 e. The van der Waals surface area contributed by atoms with Crippen LogP contribution in [0.25, 0.3) is 16.7 Å². The maximum atomic E-state index is 13.1. The maximum Gasteiger partial charge on any atom is 0.262 e. The molecule has 0 saturated carbocycles. The first-order chi connectivity index (χ1) is 15.0. The minimum Gasteiger partial charge on any atom is -0.355 e. The number of nitrogens with one attached hydrogen (secondary N) is 2. The predicted molar refractivity (Wildman–Crippen MR) is 121 cm³/mol. The largest absolute Gasteiger partial charge is 0.355 e. The van der Waals surface area contributed by atoms with Crippen LogP contribution in [0, 0.1) is 0 Å². The van der Waals surface area contributed by atoms with Crippen molar-refractivity contribution in [2.24, 2.45) is 0 Å². The van der Waals surface area contributed by atoms with Crippen LogP contribution in [0.1, 0.15) is 40.0 Å². The van der Waals surface area contributed by atoms with Gasteiger partial charge in [-0.25, -0.2) is 0 Å². The van der Waals surface area contributed by atoms with Gasteiger partial charge in [-0.05, 0) is 31.9 Å². The van der Waals surface area contributed by atoms with Gasteiger partial charge in [0.2, 0.25) is 17.6 Å². The fourth-order valence-electron chi connectivity index (χ4n) is 3.14. The third kappa shape index (κ3) is 5.25. The molecule has 9 nitrogen and oxygen atoms in total. The quantitative estimate of drug-likeness (QED) is 0.463. The molecule has 0 aliphatic rings. The van der Waals surface area contributed by atoms with Crippen molar-refractivity contribution in [1.82, 2.24) is 29.8 Å². The third-order valence-electron chi connectivity index (χ3n) is 4.96. The topological polar surface area (TPSA) is 110 Å². The van der Waals surface area contributed by atoms with Crippen molar-refractivity contribution < 1.29 is 9.59 Å². The first-order valence-corrected chi connectivity index (χ1v) is 11.5. The number of hydrogen-bond acceptors (Lipinski definition) is 6. The van der Waals surface area contributed by atoms with E-state index in [0.29, 0.717) is 28.4 Å². The van der Waals surface area contributed by atoms with Gasteiger partial charge in [0.25, 0.3) is 5.56 Å². The van der Waals surface area contributed by atoms with E-state index in [0.717, 1.165) is 12.8 Å². The normalized spacial score (nSPS) is 12.2. The number of fused-ring (bicyclic) bond motifs is 3. The second-order valence-corrected chi connectivity index (χ2v) is 8.30. The van der Waals surface area contributed by atoms with Crippen molar-refractivity contribution in [3.63, 3.8) is 0 Å². The summed E-state index contributed by atoms with van der Waals surface area (Å²) < 4.78 is 3.26. The van der Waals surface area contributed by atoms with Gasteiger partial charge in [0.15, 0.2) is 5.16 Å². The van der Waals surface area contributed by atoms with Gasteiger partial charge in [0.05, 0.1) is 16.7 Å². The second kappa shape index (κ2) is 10.4. The summed E-state index contributed by atoms with van der Waals surface area (Å²) in [5, 5.41) is 15.2. The van der Waals surface area contributed by atoms with Crippen molar-refractivity contribution in [2.75, 3.05) is 12.3 Å². The van der Waals surface area contributed by atoms with Gasteiger partial charge < -0.3 is 10.6 Å². The van der Waals surface area contributed by atoms with Gasteiger partial charge in [0, 0.05) is 25.6 Å². The average Bonchev–Trinajstić information content (AvgIpc) is 3.20. The van der Waals surface area contributed by atoms with Gasteiger partial charge in [-0.1, -0.05) is 37.7 Å². The van der Waals surface area contributed by atoms with E-state index >= 15 is 0 Å². The number of thioether (sulfide) groups is 1. The van der Waals surface area contributed by atoms with Crippen LogP contribution in [0.15, 0.2) is 34.2 Å². The van der Waals surface area contributed by atoms with Gasteiger partial charge in [0.1, 0.15) is 0 Å². The molecule has 0 aliphatic carbocycles. The highest BCUT2D eigenvalue weighted by molar-refractivity contribution is 7.99. The Morgan fingerprint density at radius 2 is 1.94 bits per heavy atom. The van der Waals surface area contributed by atoms with Crippen LogP contribution in [-0.4, -0.2) is 49.3 Å². The molecule has 31 heavy (non-hydrogen) atoms. The number of nitrogens with zero attached hydrogens (tertiary/aromatic N) is 4. The van der Waals surface area contributed by atoms with Gasteiger partial charge >= 0.3 is 0 Å². The number of amides is 2. The molecule has 0 aliphatic heterocycles. The molecule has 3 rings (SSSR count). The molecule has 0 radical (unpaired) electrons. The Morgan fingerprint density at radius 3 is 2.68 bits per heavy atom. The highest BCUT2D eigenvalue weighted by Gasteiger charge is 2.18. The highest BCUT2D eigenvalue weighted by atomic mass is 32.2.